The number of hydrogen-bond acceptors (Lipinski definition) is 3. The molecular weight excluding hydrogens is 249 g/mol. The molecule has 0 saturated heterocycles. The van der Waals surface area contributed by atoms with Crippen LogP contribution in [0, 0.1) is 5.82 Å². The number of halogens is 1. The van der Waals surface area contributed by atoms with Crippen LogP contribution in [0.25, 0.3) is 16.7 Å². The molecule has 0 aliphatic carbocycles. The van der Waals surface area contributed by atoms with E-state index in [2.05, 4.69) is 10.1 Å². The summed E-state index contributed by atoms with van der Waals surface area (Å²) in [7, 11) is 0. The van der Waals surface area contributed by atoms with Crippen LogP contribution in [0.15, 0.2) is 42.7 Å². The quantitative estimate of drug-likeness (QED) is 0.764. The van der Waals surface area contributed by atoms with Crippen LogP contribution in [0.4, 0.5) is 4.39 Å². The van der Waals surface area contributed by atoms with E-state index in [0.29, 0.717) is 5.52 Å². The number of pyridine rings is 1. The summed E-state index contributed by atoms with van der Waals surface area (Å²) in [6.07, 6.45) is 2.82. The molecule has 2 aromatic heterocycles. The Bertz CT molecular complexity index is 782. The first-order chi connectivity index (χ1) is 9.18. The highest BCUT2D eigenvalue weighted by Crippen LogP contribution is 2.20. The summed E-state index contributed by atoms with van der Waals surface area (Å²) in [6, 6.07) is 8.34. The Morgan fingerprint density at radius 3 is 2.84 bits per heavy atom. The maximum atomic E-state index is 14.1. The van der Waals surface area contributed by atoms with Gasteiger partial charge in [0.05, 0.1) is 11.7 Å². The summed E-state index contributed by atoms with van der Waals surface area (Å²) in [5, 5.41) is 13.8. The zero-order chi connectivity index (χ0) is 13.4. The molecule has 0 saturated carbocycles. The molecule has 19 heavy (non-hydrogen) atoms. The highest BCUT2D eigenvalue weighted by atomic mass is 19.1. The van der Waals surface area contributed by atoms with Gasteiger partial charge in [-0.05, 0) is 12.1 Å². The lowest BCUT2D eigenvalue weighted by atomic mass is 10.2. The topological polar surface area (TPSA) is 68.0 Å². The minimum Gasteiger partial charge on any atom is -0.478 e. The third-order valence-electron chi connectivity index (χ3n) is 2.78. The Hall–Kier alpha value is -2.76. The number of carbonyl (C=O) groups is 1. The molecule has 3 aromatic rings. The molecule has 2 heterocycles. The lowest BCUT2D eigenvalue weighted by Crippen LogP contribution is -2.08. The third kappa shape index (κ3) is 1.74. The summed E-state index contributed by atoms with van der Waals surface area (Å²) in [5.74, 6) is -2.36. The van der Waals surface area contributed by atoms with Crippen molar-refractivity contribution in [2.75, 3.05) is 0 Å². The van der Waals surface area contributed by atoms with Crippen LogP contribution in [0.2, 0.25) is 0 Å². The molecule has 0 radical (unpaired) electrons. The maximum Gasteiger partial charge on any atom is 0.338 e. The highest BCUT2D eigenvalue weighted by Gasteiger charge is 2.18. The number of aromatic nitrogens is 3. The fraction of sp³-hybridized carbons (Fsp3) is 0. The van der Waals surface area contributed by atoms with Crippen LogP contribution in [0.3, 0.4) is 0 Å². The van der Waals surface area contributed by atoms with Gasteiger partial charge in [0.1, 0.15) is 5.56 Å². The second kappa shape index (κ2) is 4.16. The Labute approximate surface area is 106 Å². The molecule has 0 unspecified atom stereocenters. The van der Waals surface area contributed by atoms with Crippen molar-refractivity contribution in [2.24, 2.45) is 0 Å². The number of aromatic carboxylic acids is 1. The number of benzene rings is 1. The average Bonchev–Trinajstić information content (AvgIpc) is 2.82. The van der Waals surface area contributed by atoms with Crippen LogP contribution in [0.5, 0.6) is 0 Å². The lowest BCUT2D eigenvalue weighted by molar-refractivity contribution is 0.0691. The number of fused-ring (bicyclic) bond motifs is 1. The van der Waals surface area contributed by atoms with E-state index >= 15 is 0 Å². The van der Waals surface area contributed by atoms with E-state index in [1.165, 1.54) is 10.9 Å². The molecule has 3 rings (SSSR count). The van der Waals surface area contributed by atoms with Crippen molar-refractivity contribution >= 4 is 16.9 Å². The first kappa shape index (κ1) is 11.3. The first-order valence-electron chi connectivity index (χ1n) is 5.49. The van der Waals surface area contributed by atoms with E-state index < -0.39 is 17.3 Å². The van der Waals surface area contributed by atoms with E-state index in [-0.39, 0.29) is 5.82 Å². The van der Waals surface area contributed by atoms with Crippen molar-refractivity contribution in [3.8, 4) is 5.82 Å². The summed E-state index contributed by atoms with van der Waals surface area (Å²) >= 11 is 0. The van der Waals surface area contributed by atoms with E-state index in [1.807, 2.05) is 12.1 Å². The van der Waals surface area contributed by atoms with Gasteiger partial charge in [-0.1, -0.05) is 18.2 Å². The number of rotatable bonds is 2. The van der Waals surface area contributed by atoms with Gasteiger partial charge in [-0.25, -0.2) is 18.9 Å². The molecule has 0 spiro atoms. The molecule has 1 N–H and O–H groups in total. The van der Waals surface area contributed by atoms with Crippen molar-refractivity contribution in [1.82, 2.24) is 14.8 Å². The lowest BCUT2D eigenvalue weighted by Gasteiger charge is -2.05. The van der Waals surface area contributed by atoms with Crippen LogP contribution in [-0.4, -0.2) is 25.8 Å². The zero-order valence-electron chi connectivity index (χ0n) is 9.62. The Morgan fingerprint density at radius 2 is 2.05 bits per heavy atom. The fourth-order valence-electron chi connectivity index (χ4n) is 1.89. The van der Waals surface area contributed by atoms with Gasteiger partial charge in [0, 0.05) is 11.6 Å². The second-order valence-electron chi connectivity index (χ2n) is 3.92. The minimum absolute atomic E-state index is 0.124. The first-order valence-corrected chi connectivity index (χ1v) is 5.49. The molecular formula is C13H8FN3O2. The monoisotopic (exact) mass is 257 g/mol. The smallest absolute Gasteiger partial charge is 0.338 e. The van der Waals surface area contributed by atoms with Crippen LogP contribution in [-0.2, 0) is 0 Å². The molecule has 1 aromatic carbocycles. The summed E-state index contributed by atoms with van der Waals surface area (Å²) in [6.45, 7) is 0. The molecule has 0 aliphatic heterocycles. The van der Waals surface area contributed by atoms with Crippen molar-refractivity contribution < 1.29 is 14.3 Å². The molecule has 0 amide bonds. The summed E-state index contributed by atoms with van der Waals surface area (Å²) in [5.41, 5.74) is 0.237. The molecule has 0 bridgehead atoms. The zero-order valence-corrected chi connectivity index (χ0v) is 9.62. The molecule has 6 heteroatoms. The van der Waals surface area contributed by atoms with Gasteiger partial charge in [-0.2, -0.15) is 5.10 Å². The number of para-hydroxylation sites is 1. The SMILES string of the molecule is O=C(O)c1ccnc(-n2ncc3ccccc32)c1F. The van der Waals surface area contributed by atoms with E-state index in [0.717, 1.165) is 11.5 Å². The van der Waals surface area contributed by atoms with Gasteiger partial charge in [0.25, 0.3) is 0 Å². The van der Waals surface area contributed by atoms with Crippen molar-refractivity contribution in [3.05, 3.63) is 54.1 Å². The van der Waals surface area contributed by atoms with Crippen molar-refractivity contribution in [3.63, 3.8) is 0 Å². The van der Waals surface area contributed by atoms with Crippen LogP contribution in [0.1, 0.15) is 10.4 Å². The van der Waals surface area contributed by atoms with E-state index in [1.54, 1.807) is 18.3 Å². The maximum absolute atomic E-state index is 14.1. The molecule has 0 aliphatic rings. The van der Waals surface area contributed by atoms with Gasteiger partial charge >= 0.3 is 5.97 Å². The minimum atomic E-state index is -1.34. The summed E-state index contributed by atoms with van der Waals surface area (Å²) in [4.78, 5) is 14.8. The highest BCUT2D eigenvalue weighted by molar-refractivity contribution is 5.88. The normalized spacial score (nSPS) is 10.8. The van der Waals surface area contributed by atoms with Crippen LogP contribution >= 0.6 is 0 Å². The van der Waals surface area contributed by atoms with Crippen molar-refractivity contribution in [2.45, 2.75) is 0 Å². The number of carboxylic acid groups (broad SMARTS) is 1. The molecule has 0 atom stereocenters. The van der Waals surface area contributed by atoms with E-state index in [9.17, 15) is 9.18 Å². The average molecular weight is 257 g/mol. The Morgan fingerprint density at radius 1 is 1.26 bits per heavy atom. The predicted molar refractivity (Wildman–Crippen MR) is 65.8 cm³/mol. The predicted octanol–water partition coefficient (Wildman–Crippen LogP) is 2.26. The van der Waals surface area contributed by atoms with Gasteiger partial charge in [-0.15, -0.1) is 0 Å². The molecule has 5 nitrogen and oxygen atoms in total. The standard InChI is InChI=1S/C13H8FN3O2/c14-11-9(13(18)19)5-6-15-12(11)17-10-4-2-1-3-8(10)7-16-17/h1-7H,(H,18,19). The van der Waals surface area contributed by atoms with Gasteiger partial charge in [0.15, 0.2) is 11.6 Å². The Kier molecular flexibility index (Phi) is 2.49. The second-order valence-corrected chi connectivity index (χ2v) is 3.92. The third-order valence-corrected chi connectivity index (χ3v) is 2.78. The van der Waals surface area contributed by atoms with Crippen LogP contribution < -0.4 is 0 Å². The molecule has 94 valence electrons. The Balaban J connectivity index is 2.28. The molecule has 0 fully saturated rings. The number of carboxylic acids is 1. The van der Waals surface area contributed by atoms with Gasteiger partial charge < -0.3 is 5.11 Å². The summed E-state index contributed by atoms with van der Waals surface area (Å²) < 4.78 is 15.4. The van der Waals surface area contributed by atoms with Crippen molar-refractivity contribution in [1.29, 1.82) is 0 Å². The van der Waals surface area contributed by atoms with Gasteiger partial charge in [-0.3, -0.25) is 0 Å². The van der Waals surface area contributed by atoms with Gasteiger partial charge in [0.2, 0.25) is 0 Å². The fourth-order valence-corrected chi connectivity index (χ4v) is 1.89. The number of hydrogen-bond donors (Lipinski definition) is 1. The van der Waals surface area contributed by atoms with E-state index in [4.69, 9.17) is 5.11 Å². The number of nitrogens with zero attached hydrogens (tertiary/aromatic N) is 3. The largest absolute Gasteiger partial charge is 0.478 e.